The van der Waals surface area contributed by atoms with Crippen molar-refractivity contribution in [2.45, 2.75) is 19.3 Å². The van der Waals surface area contributed by atoms with Crippen LogP contribution < -0.4 is 5.73 Å². The van der Waals surface area contributed by atoms with E-state index in [2.05, 4.69) is 0 Å². The molecule has 0 rings (SSSR count). The van der Waals surface area contributed by atoms with Crippen LogP contribution in [-0.2, 0) is 9.59 Å². The van der Waals surface area contributed by atoms with E-state index in [0.29, 0.717) is 6.42 Å². The minimum absolute atomic E-state index is 0. The van der Waals surface area contributed by atoms with E-state index in [1.165, 1.54) is 0 Å². The predicted molar refractivity (Wildman–Crippen MR) is 42.8 cm³/mol. The maximum Gasteiger partial charge on any atom is 0.303 e. The summed E-state index contributed by atoms with van der Waals surface area (Å²) in [6.07, 6.45) is 0.722. The summed E-state index contributed by atoms with van der Waals surface area (Å²) in [5.74, 6) is -0.953. The first-order valence-electron chi connectivity index (χ1n) is 3.10. The molecule has 0 atom stereocenters. The average molecular weight is 182 g/mol. The molecule has 0 aliphatic carbocycles. The van der Waals surface area contributed by atoms with Crippen molar-refractivity contribution < 1.29 is 14.7 Å². The van der Waals surface area contributed by atoms with Gasteiger partial charge in [-0.15, -0.1) is 12.4 Å². The highest BCUT2D eigenvalue weighted by Crippen LogP contribution is 1.94. The van der Waals surface area contributed by atoms with Crippen LogP contribution in [-0.4, -0.2) is 23.4 Å². The summed E-state index contributed by atoms with van der Waals surface area (Å²) in [7, 11) is 0. The Balaban J connectivity index is 0. The van der Waals surface area contributed by atoms with E-state index in [-0.39, 0.29) is 37.6 Å². The Hall–Kier alpha value is -0.610. The molecule has 0 spiro atoms. The molecule has 0 aromatic carbocycles. The molecule has 0 saturated heterocycles. The SMILES string of the molecule is Cl.NCC(=O)CCCC(=O)O. The fraction of sp³-hybridized carbons (Fsp3) is 0.667. The number of carbonyl (C=O) groups excluding carboxylic acids is 1. The fourth-order valence-electron chi connectivity index (χ4n) is 0.539. The van der Waals surface area contributed by atoms with Crippen molar-refractivity contribution in [3.63, 3.8) is 0 Å². The number of hydrogen-bond donors (Lipinski definition) is 2. The average Bonchev–Trinajstić information content (AvgIpc) is 1.87. The van der Waals surface area contributed by atoms with Gasteiger partial charge in [-0.2, -0.15) is 0 Å². The molecule has 66 valence electrons. The first kappa shape index (κ1) is 13.0. The van der Waals surface area contributed by atoms with Gasteiger partial charge in [0, 0.05) is 12.8 Å². The van der Waals surface area contributed by atoms with Crippen LogP contribution in [0, 0.1) is 0 Å². The van der Waals surface area contributed by atoms with Gasteiger partial charge >= 0.3 is 5.97 Å². The summed E-state index contributed by atoms with van der Waals surface area (Å²) < 4.78 is 0. The van der Waals surface area contributed by atoms with E-state index in [1.807, 2.05) is 0 Å². The number of nitrogens with two attached hydrogens (primary N) is 1. The zero-order chi connectivity index (χ0) is 7.98. The number of carbonyl (C=O) groups is 2. The molecule has 11 heavy (non-hydrogen) atoms. The maximum absolute atomic E-state index is 10.5. The van der Waals surface area contributed by atoms with Crippen LogP contribution in [0.15, 0.2) is 0 Å². The van der Waals surface area contributed by atoms with E-state index < -0.39 is 5.97 Å². The number of carboxylic acids is 1. The Kier molecular flexibility index (Phi) is 8.87. The molecular weight excluding hydrogens is 170 g/mol. The molecule has 0 aliphatic rings. The topological polar surface area (TPSA) is 80.4 Å². The lowest BCUT2D eigenvalue weighted by Crippen LogP contribution is -2.13. The van der Waals surface area contributed by atoms with Crippen LogP contribution in [0.2, 0.25) is 0 Å². The highest BCUT2D eigenvalue weighted by molar-refractivity contribution is 5.85. The summed E-state index contributed by atoms with van der Waals surface area (Å²) in [4.78, 5) is 20.4. The smallest absolute Gasteiger partial charge is 0.303 e. The van der Waals surface area contributed by atoms with Gasteiger partial charge in [0.15, 0.2) is 0 Å². The minimum atomic E-state index is -0.871. The van der Waals surface area contributed by atoms with Crippen LogP contribution in [0.4, 0.5) is 0 Å². The van der Waals surface area contributed by atoms with Gasteiger partial charge < -0.3 is 10.8 Å². The monoisotopic (exact) mass is 181 g/mol. The van der Waals surface area contributed by atoms with Crippen LogP contribution in [0.25, 0.3) is 0 Å². The maximum atomic E-state index is 10.5. The second-order valence-corrected chi connectivity index (χ2v) is 1.99. The van der Waals surface area contributed by atoms with Crippen molar-refractivity contribution in [2.24, 2.45) is 5.73 Å². The third-order valence-corrected chi connectivity index (χ3v) is 1.07. The first-order chi connectivity index (χ1) is 4.66. The Bertz CT molecular complexity index is 138. The molecule has 0 saturated carbocycles. The molecule has 0 bridgehead atoms. The molecule has 0 amide bonds. The fourth-order valence-corrected chi connectivity index (χ4v) is 0.539. The van der Waals surface area contributed by atoms with Gasteiger partial charge in [-0.3, -0.25) is 9.59 Å². The molecule has 0 heterocycles. The second-order valence-electron chi connectivity index (χ2n) is 1.99. The molecular formula is C6H12ClNO3. The van der Waals surface area contributed by atoms with Crippen LogP contribution in [0.3, 0.4) is 0 Å². The Morgan fingerprint density at radius 1 is 1.27 bits per heavy atom. The lowest BCUT2D eigenvalue weighted by molar-refractivity contribution is -0.137. The molecule has 5 heteroatoms. The summed E-state index contributed by atoms with van der Waals surface area (Å²) in [5, 5.41) is 8.16. The first-order valence-corrected chi connectivity index (χ1v) is 3.10. The largest absolute Gasteiger partial charge is 0.481 e. The molecule has 0 fully saturated rings. The Morgan fingerprint density at radius 3 is 2.18 bits per heavy atom. The lowest BCUT2D eigenvalue weighted by Gasteiger charge is -1.93. The van der Waals surface area contributed by atoms with Gasteiger partial charge in [-0.05, 0) is 6.42 Å². The van der Waals surface area contributed by atoms with Gasteiger partial charge in [-0.25, -0.2) is 0 Å². The van der Waals surface area contributed by atoms with Crippen molar-refractivity contribution in [3.8, 4) is 0 Å². The van der Waals surface area contributed by atoms with Gasteiger partial charge in [0.25, 0.3) is 0 Å². The van der Waals surface area contributed by atoms with Gasteiger partial charge in [-0.1, -0.05) is 0 Å². The summed E-state index contributed by atoms with van der Waals surface area (Å²) >= 11 is 0. The van der Waals surface area contributed by atoms with Crippen molar-refractivity contribution in [3.05, 3.63) is 0 Å². The number of Topliss-reactive ketones (excluding diaryl/α,β-unsaturated/α-hetero) is 1. The molecule has 3 N–H and O–H groups in total. The summed E-state index contributed by atoms with van der Waals surface area (Å²) in [6, 6.07) is 0. The number of hydrogen-bond acceptors (Lipinski definition) is 3. The third-order valence-electron chi connectivity index (χ3n) is 1.07. The van der Waals surface area contributed by atoms with E-state index in [0.717, 1.165) is 0 Å². The normalized spacial score (nSPS) is 8.45. The van der Waals surface area contributed by atoms with Gasteiger partial charge in [0.05, 0.1) is 6.54 Å². The predicted octanol–water partition coefficient (Wildman–Crippen LogP) is 0.191. The molecule has 0 aliphatic heterocycles. The highest BCUT2D eigenvalue weighted by Gasteiger charge is 2.00. The number of halogens is 1. The quantitative estimate of drug-likeness (QED) is 0.635. The van der Waals surface area contributed by atoms with Crippen LogP contribution >= 0.6 is 12.4 Å². The number of aliphatic carboxylic acids is 1. The number of rotatable bonds is 5. The summed E-state index contributed by atoms with van der Waals surface area (Å²) in [5.41, 5.74) is 4.99. The highest BCUT2D eigenvalue weighted by atomic mass is 35.5. The standard InChI is InChI=1S/C6H11NO3.ClH/c7-4-5(8)2-1-3-6(9)10;/h1-4,7H2,(H,9,10);1H. The van der Waals surface area contributed by atoms with Crippen molar-refractivity contribution in [2.75, 3.05) is 6.54 Å². The third kappa shape index (κ3) is 9.39. The van der Waals surface area contributed by atoms with Gasteiger partial charge in [0.2, 0.25) is 0 Å². The zero-order valence-corrected chi connectivity index (χ0v) is 6.89. The molecule has 4 nitrogen and oxygen atoms in total. The number of carboxylic acid groups (broad SMARTS) is 1. The Morgan fingerprint density at radius 2 is 1.82 bits per heavy atom. The lowest BCUT2D eigenvalue weighted by atomic mass is 10.2. The van der Waals surface area contributed by atoms with Crippen LogP contribution in [0.5, 0.6) is 0 Å². The van der Waals surface area contributed by atoms with E-state index >= 15 is 0 Å². The van der Waals surface area contributed by atoms with Crippen LogP contribution in [0.1, 0.15) is 19.3 Å². The van der Waals surface area contributed by atoms with Crippen molar-refractivity contribution >= 4 is 24.2 Å². The minimum Gasteiger partial charge on any atom is -0.481 e. The van der Waals surface area contributed by atoms with E-state index in [1.54, 1.807) is 0 Å². The zero-order valence-electron chi connectivity index (χ0n) is 6.08. The van der Waals surface area contributed by atoms with E-state index in [9.17, 15) is 9.59 Å². The Labute approximate surface area is 71.2 Å². The molecule has 0 aromatic rings. The number of ketones is 1. The van der Waals surface area contributed by atoms with Crippen molar-refractivity contribution in [1.82, 2.24) is 0 Å². The molecule has 0 radical (unpaired) electrons. The molecule has 0 aromatic heterocycles. The van der Waals surface area contributed by atoms with Gasteiger partial charge in [0.1, 0.15) is 5.78 Å². The van der Waals surface area contributed by atoms with E-state index in [4.69, 9.17) is 10.8 Å². The summed E-state index contributed by atoms with van der Waals surface area (Å²) in [6.45, 7) is 0.0135. The molecule has 0 unspecified atom stereocenters. The second kappa shape index (κ2) is 7.50. The van der Waals surface area contributed by atoms with Crippen molar-refractivity contribution in [1.29, 1.82) is 0 Å².